The van der Waals surface area contributed by atoms with E-state index in [1.54, 1.807) is 18.1 Å². The number of fused-ring (bicyclic) bond motifs is 1. The first-order valence-electron chi connectivity index (χ1n) is 5.45. The Hall–Kier alpha value is -1.39. The van der Waals surface area contributed by atoms with Crippen molar-refractivity contribution < 1.29 is 0 Å². The fourth-order valence-corrected chi connectivity index (χ4v) is 2.46. The number of hydrogen-bond donors (Lipinski definition) is 1. The van der Waals surface area contributed by atoms with E-state index in [4.69, 9.17) is 0 Å². The molecule has 0 saturated heterocycles. The summed E-state index contributed by atoms with van der Waals surface area (Å²) in [4.78, 5) is 8.58. The van der Waals surface area contributed by atoms with Crippen LogP contribution in [0.25, 0.3) is 10.9 Å². The van der Waals surface area contributed by atoms with Crippen molar-refractivity contribution in [1.82, 2.24) is 15.3 Å². The van der Waals surface area contributed by atoms with Crippen molar-refractivity contribution in [1.29, 1.82) is 0 Å². The third kappa shape index (κ3) is 3.05. The molecule has 0 amide bonds. The first-order valence-corrected chi connectivity index (χ1v) is 6.43. The van der Waals surface area contributed by atoms with Gasteiger partial charge in [-0.25, -0.2) is 9.97 Å². The average Bonchev–Trinajstić information content (AvgIpc) is 2.36. The monoisotopic (exact) mass is 245 g/mol. The van der Waals surface area contributed by atoms with E-state index in [0.29, 0.717) is 0 Å². The van der Waals surface area contributed by atoms with Gasteiger partial charge in [0.15, 0.2) is 0 Å². The number of thioether (sulfide) groups is 1. The van der Waals surface area contributed by atoms with E-state index in [9.17, 15) is 0 Å². The van der Waals surface area contributed by atoms with E-state index in [1.165, 1.54) is 5.57 Å². The summed E-state index contributed by atoms with van der Waals surface area (Å²) >= 11 is 1.71. The number of nitrogens with one attached hydrogen (secondary N) is 1. The Morgan fingerprint density at radius 3 is 3.00 bits per heavy atom. The molecule has 4 heteroatoms. The first-order chi connectivity index (χ1) is 8.31. The van der Waals surface area contributed by atoms with E-state index in [1.807, 2.05) is 25.2 Å². The van der Waals surface area contributed by atoms with Crippen molar-refractivity contribution in [2.24, 2.45) is 0 Å². The predicted molar refractivity (Wildman–Crippen MR) is 73.3 cm³/mol. The van der Waals surface area contributed by atoms with E-state index >= 15 is 0 Å². The van der Waals surface area contributed by atoms with Gasteiger partial charge in [0.25, 0.3) is 0 Å². The fourth-order valence-electron chi connectivity index (χ4n) is 1.57. The number of nitrogens with zero attached hydrogens (tertiary/aromatic N) is 2. The van der Waals surface area contributed by atoms with Crippen molar-refractivity contribution in [2.45, 2.75) is 5.03 Å². The molecule has 2 rings (SSSR count). The van der Waals surface area contributed by atoms with Gasteiger partial charge in [0.2, 0.25) is 0 Å². The molecule has 0 saturated carbocycles. The van der Waals surface area contributed by atoms with Crippen molar-refractivity contribution >= 4 is 22.7 Å². The maximum absolute atomic E-state index is 4.33. The molecule has 0 fully saturated rings. The van der Waals surface area contributed by atoms with Gasteiger partial charge in [-0.1, -0.05) is 30.4 Å². The Labute approximate surface area is 105 Å². The van der Waals surface area contributed by atoms with E-state index in [0.717, 1.165) is 28.2 Å². The van der Waals surface area contributed by atoms with Gasteiger partial charge >= 0.3 is 0 Å². The Balaban J connectivity index is 2.16. The number of para-hydroxylation sites is 1. The number of aromatic nitrogens is 2. The van der Waals surface area contributed by atoms with Crippen LogP contribution >= 0.6 is 11.8 Å². The summed E-state index contributed by atoms with van der Waals surface area (Å²) in [7, 11) is 1.93. The maximum atomic E-state index is 4.33. The second-order valence-electron chi connectivity index (χ2n) is 3.76. The largest absolute Gasteiger partial charge is 0.316 e. The lowest BCUT2D eigenvalue weighted by molar-refractivity contribution is 0.885. The highest BCUT2D eigenvalue weighted by Gasteiger charge is 2.04. The minimum atomic E-state index is 0.843. The number of benzene rings is 1. The zero-order chi connectivity index (χ0) is 12.1. The molecule has 0 spiro atoms. The Bertz CT molecular complexity index is 520. The zero-order valence-electron chi connectivity index (χ0n) is 9.81. The Morgan fingerprint density at radius 1 is 1.35 bits per heavy atom. The SMILES string of the molecule is C=C(CNC)CSc1ncnc2ccccc12. The second kappa shape index (κ2) is 5.80. The number of rotatable bonds is 5. The summed E-state index contributed by atoms with van der Waals surface area (Å²) in [5.41, 5.74) is 2.16. The molecule has 1 N–H and O–H groups in total. The van der Waals surface area contributed by atoms with E-state index in [2.05, 4.69) is 27.9 Å². The molecule has 0 bridgehead atoms. The van der Waals surface area contributed by atoms with E-state index < -0.39 is 0 Å². The molecule has 0 aliphatic rings. The number of hydrogen-bond acceptors (Lipinski definition) is 4. The molecule has 88 valence electrons. The fraction of sp³-hybridized carbons (Fsp3) is 0.231. The predicted octanol–water partition coefficient (Wildman–Crippen LogP) is 2.50. The van der Waals surface area contributed by atoms with Crippen LogP contribution in [0.2, 0.25) is 0 Å². The zero-order valence-corrected chi connectivity index (χ0v) is 10.6. The van der Waals surface area contributed by atoms with Crippen LogP contribution in [-0.4, -0.2) is 29.3 Å². The molecule has 1 aromatic carbocycles. The molecule has 2 aromatic rings. The van der Waals surface area contributed by atoms with Gasteiger partial charge in [-0.2, -0.15) is 0 Å². The van der Waals surface area contributed by atoms with Crippen LogP contribution in [0.3, 0.4) is 0 Å². The summed E-state index contributed by atoms with van der Waals surface area (Å²) in [6.07, 6.45) is 1.62. The number of likely N-dealkylation sites (N-methyl/N-ethyl adjacent to an activating group) is 1. The molecule has 0 unspecified atom stereocenters. The van der Waals surface area contributed by atoms with Crippen LogP contribution in [-0.2, 0) is 0 Å². The summed E-state index contributed by atoms with van der Waals surface area (Å²) in [5.74, 6) is 0.877. The molecule has 0 atom stereocenters. The van der Waals surface area contributed by atoms with Gasteiger partial charge in [-0.15, -0.1) is 11.8 Å². The Morgan fingerprint density at radius 2 is 2.18 bits per heavy atom. The highest BCUT2D eigenvalue weighted by molar-refractivity contribution is 7.99. The molecular weight excluding hydrogens is 230 g/mol. The first kappa shape index (κ1) is 12.1. The van der Waals surface area contributed by atoms with Crippen LogP contribution in [0.1, 0.15) is 0 Å². The molecule has 0 aliphatic heterocycles. The van der Waals surface area contributed by atoms with E-state index in [-0.39, 0.29) is 0 Å². The van der Waals surface area contributed by atoms with Crippen LogP contribution in [0.15, 0.2) is 47.8 Å². The molecular formula is C13H15N3S. The third-order valence-electron chi connectivity index (χ3n) is 2.35. The van der Waals surface area contributed by atoms with Gasteiger partial charge in [0.1, 0.15) is 11.4 Å². The van der Waals surface area contributed by atoms with Crippen molar-refractivity contribution in [2.75, 3.05) is 19.3 Å². The van der Waals surface area contributed by atoms with Crippen LogP contribution < -0.4 is 5.32 Å². The van der Waals surface area contributed by atoms with Crippen LogP contribution in [0, 0.1) is 0 Å². The van der Waals surface area contributed by atoms with Crippen molar-refractivity contribution in [3.63, 3.8) is 0 Å². The summed E-state index contributed by atoms with van der Waals surface area (Å²) < 4.78 is 0. The quantitative estimate of drug-likeness (QED) is 0.499. The minimum Gasteiger partial charge on any atom is -0.316 e. The summed E-state index contributed by atoms with van der Waals surface area (Å²) in [6, 6.07) is 8.06. The molecule has 0 radical (unpaired) electrons. The highest BCUT2D eigenvalue weighted by atomic mass is 32.2. The van der Waals surface area contributed by atoms with Gasteiger partial charge in [0, 0.05) is 17.7 Å². The Kier molecular flexibility index (Phi) is 4.12. The molecule has 17 heavy (non-hydrogen) atoms. The van der Waals surface area contributed by atoms with Crippen LogP contribution in [0.5, 0.6) is 0 Å². The lowest BCUT2D eigenvalue weighted by Crippen LogP contribution is -2.10. The maximum Gasteiger partial charge on any atom is 0.117 e. The molecule has 3 nitrogen and oxygen atoms in total. The molecule has 0 aliphatic carbocycles. The second-order valence-corrected chi connectivity index (χ2v) is 4.73. The lowest BCUT2D eigenvalue weighted by atomic mass is 10.2. The molecule has 1 aromatic heterocycles. The van der Waals surface area contributed by atoms with Gasteiger partial charge in [-0.05, 0) is 13.1 Å². The van der Waals surface area contributed by atoms with Crippen LogP contribution in [0.4, 0.5) is 0 Å². The smallest absolute Gasteiger partial charge is 0.117 e. The van der Waals surface area contributed by atoms with Gasteiger partial charge < -0.3 is 5.32 Å². The average molecular weight is 245 g/mol. The minimum absolute atomic E-state index is 0.843. The van der Waals surface area contributed by atoms with Crippen molar-refractivity contribution in [3.05, 3.63) is 42.7 Å². The topological polar surface area (TPSA) is 37.8 Å². The molecule has 1 heterocycles. The van der Waals surface area contributed by atoms with Crippen molar-refractivity contribution in [3.8, 4) is 0 Å². The summed E-state index contributed by atoms with van der Waals surface area (Å²) in [6.45, 7) is 4.86. The highest BCUT2D eigenvalue weighted by Crippen LogP contribution is 2.25. The van der Waals surface area contributed by atoms with Gasteiger partial charge in [-0.3, -0.25) is 0 Å². The standard InChI is InChI=1S/C13H15N3S/c1-10(7-14-2)8-17-13-11-5-3-4-6-12(11)15-9-16-13/h3-6,9,14H,1,7-8H2,2H3. The summed E-state index contributed by atoms with van der Waals surface area (Å²) in [5, 5.41) is 5.23. The van der Waals surface area contributed by atoms with Gasteiger partial charge in [0.05, 0.1) is 5.52 Å². The normalized spacial score (nSPS) is 10.6. The lowest BCUT2D eigenvalue weighted by Gasteiger charge is -2.06. The third-order valence-corrected chi connectivity index (χ3v) is 3.50.